The first-order valence-corrected chi connectivity index (χ1v) is 5.40. The van der Waals surface area contributed by atoms with Crippen molar-refractivity contribution in [2.75, 3.05) is 12.4 Å². The largest absolute Gasteiger partial charge is 0.371 e. The van der Waals surface area contributed by atoms with Crippen molar-refractivity contribution in [1.29, 1.82) is 5.26 Å². The molecule has 1 aliphatic carbocycles. The predicted molar refractivity (Wildman–Crippen MR) is 65.2 cm³/mol. The smallest absolute Gasteiger partial charge is 0.214 e. The summed E-state index contributed by atoms with van der Waals surface area (Å²) in [4.78, 5) is 20.5. The lowest BCUT2D eigenvalue weighted by Crippen LogP contribution is -2.05. The Labute approximate surface area is 103 Å². The van der Waals surface area contributed by atoms with E-state index in [1.54, 1.807) is 19.2 Å². The number of nitrogens with one attached hydrogen (secondary N) is 1. The van der Waals surface area contributed by atoms with E-state index in [2.05, 4.69) is 15.3 Å². The van der Waals surface area contributed by atoms with E-state index in [9.17, 15) is 4.79 Å². The number of aromatic nitrogens is 2. The fourth-order valence-corrected chi connectivity index (χ4v) is 2.05. The first-order chi connectivity index (χ1) is 8.76. The number of ketones is 1. The quantitative estimate of drug-likeness (QED) is 0.694. The van der Waals surface area contributed by atoms with Crippen molar-refractivity contribution in [2.24, 2.45) is 0 Å². The Bertz CT molecular complexity index is 715. The van der Waals surface area contributed by atoms with Gasteiger partial charge < -0.3 is 5.32 Å². The number of hydrogen-bond donors (Lipinski definition) is 1. The number of carbonyl (C=O) groups is 1. The summed E-state index contributed by atoms with van der Waals surface area (Å²) in [5.41, 5.74) is 2.29. The van der Waals surface area contributed by atoms with E-state index in [4.69, 9.17) is 5.26 Å². The Hall–Kier alpha value is -2.74. The second-order valence-corrected chi connectivity index (χ2v) is 3.85. The lowest BCUT2D eigenvalue weighted by Gasteiger charge is -2.04. The Morgan fingerprint density at radius 2 is 1.89 bits per heavy atom. The van der Waals surface area contributed by atoms with Crippen molar-refractivity contribution in [3.8, 4) is 17.3 Å². The number of hydrogen-bond acceptors (Lipinski definition) is 5. The highest BCUT2D eigenvalue weighted by atomic mass is 16.1. The molecule has 0 atom stereocenters. The topological polar surface area (TPSA) is 78.7 Å². The van der Waals surface area contributed by atoms with Gasteiger partial charge in [-0.15, -0.1) is 0 Å². The number of benzene rings is 1. The molecule has 0 unspecified atom stereocenters. The second kappa shape index (κ2) is 3.64. The van der Waals surface area contributed by atoms with Crippen LogP contribution in [0.5, 0.6) is 0 Å². The third-order valence-corrected chi connectivity index (χ3v) is 2.88. The van der Waals surface area contributed by atoms with Gasteiger partial charge in [0.05, 0.1) is 0 Å². The van der Waals surface area contributed by atoms with Crippen LogP contribution in [0.15, 0.2) is 24.3 Å². The van der Waals surface area contributed by atoms with Crippen LogP contribution in [0.3, 0.4) is 0 Å². The molecule has 0 radical (unpaired) electrons. The highest BCUT2D eigenvalue weighted by Gasteiger charge is 2.30. The highest BCUT2D eigenvalue weighted by Crippen LogP contribution is 2.34. The number of carbonyl (C=O) groups excluding carboxylic acids is 1. The first-order valence-electron chi connectivity index (χ1n) is 5.40. The molecule has 0 fully saturated rings. The van der Waals surface area contributed by atoms with Crippen LogP contribution in [-0.4, -0.2) is 22.8 Å². The summed E-state index contributed by atoms with van der Waals surface area (Å²) >= 11 is 0. The number of fused-ring (bicyclic) bond motifs is 3. The van der Waals surface area contributed by atoms with E-state index in [1.807, 2.05) is 18.2 Å². The molecule has 0 saturated heterocycles. The molecule has 1 N–H and O–H groups in total. The molecule has 5 nitrogen and oxygen atoms in total. The van der Waals surface area contributed by atoms with Gasteiger partial charge in [0, 0.05) is 18.2 Å². The van der Waals surface area contributed by atoms with Crippen molar-refractivity contribution < 1.29 is 4.79 Å². The van der Waals surface area contributed by atoms with Gasteiger partial charge >= 0.3 is 0 Å². The van der Waals surface area contributed by atoms with Gasteiger partial charge in [-0.1, -0.05) is 24.3 Å². The fourth-order valence-electron chi connectivity index (χ4n) is 2.05. The molecular weight excluding hydrogens is 228 g/mol. The molecule has 1 aliphatic rings. The standard InChI is InChI=1S/C13H8N4O/c1-15-13-9(6-14)16-11-10(17-13)7-4-2-3-5-8(7)12(11)18/h2-5H,1H3,(H,15,17). The zero-order valence-electron chi connectivity index (χ0n) is 9.56. The van der Waals surface area contributed by atoms with E-state index in [-0.39, 0.29) is 17.2 Å². The third-order valence-electron chi connectivity index (χ3n) is 2.88. The maximum atomic E-state index is 12.1. The fraction of sp³-hybridized carbons (Fsp3) is 0.0769. The molecule has 18 heavy (non-hydrogen) atoms. The molecule has 1 aromatic heterocycles. The summed E-state index contributed by atoms with van der Waals surface area (Å²) in [5, 5.41) is 11.8. The Balaban J connectivity index is 2.34. The first kappa shape index (κ1) is 10.4. The summed E-state index contributed by atoms with van der Waals surface area (Å²) in [6.07, 6.45) is 0. The SMILES string of the molecule is CNc1nc2c(nc1C#N)C(=O)c1ccccc1-2. The van der Waals surface area contributed by atoms with E-state index in [1.165, 1.54) is 0 Å². The summed E-state index contributed by atoms with van der Waals surface area (Å²) in [5.74, 6) is 0.216. The lowest BCUT2D eigenvalue weighted by molar-refractivity contribution is 0.103. The minimum Gasteiger partial charge on any atom is -0.371 e. The molecular formula is C13H8N4O. The molecule has 2 aromatic rings. The molecule has 5 heteroatoms. The van der Waals surface area contributed by atoms with Gasteiger partial charge in [0.2, 0.25) is 5.78 Å². The molecule has 86 valence electrons. The molecule has 0 spiro atoms. The van der Waals surface area contributed by atoms with Crippen molar-refractivity contribution >= 4 is 11.6 Å². The monoisotopic (exact) mass is 236 g/mol. The lowest BCUT2D eigenvalue weighted by atomic mass is 10.1. The number of nitriles is 1. The van der Waals surface area contributed by atoms with Gasteiger partial charge in [-0.3, -0.25) is 4.79 Å². The number of rotatable bonds is 1. The van der Waals surface area contributed by atoms with Gasteiger partial charge in [0.1, 0.15) is 17.5 Å². The van der Waals surface area contributed by atoms with Crippen LogP contribution < -0.4 is 5.32 Å². The van der Waals surface area contributed by atoms with Crippen LogP contribution in [0.25, 0.3) is 11.3 Å². The molecule has 1 heterocycles. The van der Waals surface area contributed by atoms with Crippen molar-refractivity contribution in [3.63, 3.8) is 0 Å². The van der Waals surface area contributed by atoms with Crippen molar-refractivity contribution in [3.05, 3.63) is 41.2 Å². The minimum absolute atomic E-state index is 0.136. The van der Waals surface area contributed by atoms with Crippen molar-refractivity contribution in [2.45, 2.75) is 0 Å². The number of nitrogens with zero attached hydrogens (tertiary/aromatic N) is 3. The molecule has 0 amide bonds. The molecule has 0 bridgehead atoms. The van der Waals surface area contributed by atoms with Crippen LogP contribution in [0.2, 0.25) is 0 Å². The van der Waals surface area contributed by atoms with Gasteiger partial charge in [-0.2, -0.15) is 5.26 Å². The van der Waals surface area contributed by atoms with Crippen LogP contribution in [0.4, 0.5) is 5.82 Å². The zero-order chi connectivity index (χ0) is 12.7. The van der Waals surface area contributed by atoms with E-state index < -0.39 is 0 Å². The van der Waals surface area contributed by atoms with Crippen molar-refractivity contribution in [1.82, 2.24) is 9.97 Å². The van der Waals surface area contributed by atoms with Gasteiger partial charge in [-0.05, 0) is 0 Å². The average molecular weight is 236 g/mol. The molecule has 0 saturated carbocycles. The maximum absolute atomic E-state index is 12.1. The molecule has 3 rings (SSSR count). The van der Waals surface area contributed by atoms with Crippen LogP contribution in [0, 0.1) is 11.3 Å². The number of anilines is 1. The van der Waals surface area contributed by atoms with Crippen LogP contribution in [0.1, 0.15) is 21.7 Å². The van der Waals surface area contributed by atoms with Crippen LogP contribution in [-0.2, 0) is 0 Å². The average Bonchev–Trinajstić information content (AvgIpc) is 2.71. The molecule has 1 aromatic carbocycles. The molecule has 0 aliphatic heterocycles. The highest BCUT2D eigenvalue weighted by molar-refractivity contribution is 6.19. The van der Waals surface area contributed by atoms with E-state index >= 15 is 0 Å². The van der Waals surface area contributed by atoms with Gasteiger partial charge in [-0.25, -0.2) is 9.97 Å². The Kier molecular flexibility index (Phi) is 2.10. The van der Waals surface area contributed by atoms with Gasteiger partial charge in [0.25, 0.3) is 0 Å². The van der Waals surface area contributed by atoms with Crippen LogP contribution >= 0.6 is 0 Å². The predicted octanol–water partition coefficient (Wildman–Crippen LogP) is 1.60. The van der Waals surface area contributed by atoms with E-state index in [0.717, 1.165) is 5.56 Å². The summed E-state index contributed by atoms with van der Waals surface area (Å²) < 4.78 is 0. The zero-order valence-corrected chi connectivity index (χ0v) is 9.56. The maximum Gasteiger partial charge on any atom is 0.214 e. The minimum atomic E-state index is -0.174. The summed E-state index contributed by atoms with van der Waals surface area (Å²) in [7, 11) is 1.67. The Morgan fingerprint density at radius 1 is 1.17 bits per heavy atom. The summed E-state index contributed by atoms with van der Waals surface area (Å²) in [6, 6.07) is 9.16. The third kappa shape index (κ3) is 1.23. The van der Waals surface area contributed by atoms with E-state index in [0.29, 0.717) is 17.1 Å². The Morgan fingerprint density at radius 3 is 2.56 bits per heavy atom. The summed E-state index contributed by atoms with van der Waals surface area (Å²) in [6.45, 7) is 0. The normalized spacial score (nSPS) is 11.7. The van der Waals surface area contributed by atoms with Gasteiger partial charge in [0.15, 0.2) is 11.5 Å². The second-order valence-electron chi connectivity index (χ2n) is 3.85.